The van der Waals surface area contributed by atoms with Gasteiger partial charge in [-0.05, 0) is 31.1 Å². The second-order valence-corrected chi connectivity index (χ2v) is 6.13. The van der Waals surface area contributed by atoms with E-state index in [1.54, 1.807) is 0 Å². The van der Waals surface area contributed by atoms with Gasteiger partial charge in [-0.3, -0.25) is 9.59 Å². The van der Waals surface area contributed by atoms with Crippen LogP contribution in [0.5, 0.6) is 0 Å². The van der Waals surface area contributed by atoms with Gasteiger partial charge in [0.25, 0.3) is 0 Å². The third kappa shape index (κ3) is 2.76. The van der Waals surface area contributed by atoms with Crippen LogP contribution in [-0.4, -0.2) is 49.4 Å². The van der Waals surface area contributed by atoms with Crippen molar-refractivity contribution in [3.63, 3.8) is 0 Å². The number of nitrogens with one attached hydrogen (secondary N) is 2. The van der Waals surface area contributed by atoms with Crippen molar-refractivity contribution < 1.29 is 9.59 Å². The Morgan fingerprint density at radius 2 is 1.95 bits per heavy atom. The molecule has 3 aliphatic rings. The van der Waals surface area contributed by atoms with Crippen LogP contribution in [-0.2, 0) is 9.59 Å². The molecule has 1 aliphatic heterocycles. The van der Waals surface area contributed by atoms with Gasteiger partial charge in [0.15, 0.2) is 0 Å². The smallest absolute Gasteiger partial charge is 0.242 e. The first-order chi connectivity index (χ1) is 9.24. The summed E-state index contributed by atoms with van der Waals surface area (Å²) in [5.74, 6) is 1.69. The van der Waals surface area contributed by atoms with Crippen molar-refractivity contribution >= 4 is 11.8 Å². The van der Waals surface area contributed by atoms with Crippen LogP contribution in [0.3, 0.4) is 0 Å². The molecule has 2 saturated carbocycles. The Morgan fingerprint density at radius 3 is 2.58 bits per heavy atom. The summed E-state index contributed by atoms with van der Waals surface area (Å²) in [5, 5.41) is 6.07. The Labute approximate surface area is 114 Å². The van der Waals surface area contributed by atoms with E-state index < -0.39 is 0 Å². The van der Waals surface area contributed by atoms with Gasteiger partial charge in [-0.15, -0.1) is 0 Å². The standard InChI is InChI=1S/C14H23N3O2/c18-13(17-5-3-15-4-6-17)9-16-14(19)12-8-10-1-2-11(12)7-10/h10-12,15H,1-9H2,(H,16,19). The molecular formula is C14H23N3O2. The summed E-state index contributed by atoms with van der Waals surface area (Å²) in [6.07, 6.45) is 4.77. The predicted molar refractivity (Wildman–Crippen MR) is 71.4 cm³/mol. The summed E-state index contributed by atoms with van der Waals surface area (Å²) >= 11 is 0. The highest BCUT2D eigenvalue weighted by Crippen LogP contribution is 2.48. The first-order valence-corrected chi connectivity index (χ1v) is 7.50. The number of piperazine rings is 1. The monoisotopic (exact) mass is 265 g/mol. The Hall–Kier alpha value is -1.10. The van der Waals surface area contributed by atoms with Crippen LogP contribution in [0, 0.1) is 17.8 Å². The summed E-state index contributed by atoms with van der Waals surface area (Å²) in [5.41, 5.74) is 0. The summed E-state index contributed by atoms with van der Waals surface area (Å²) in [6, 6.07) is 0. The van der Waals surface area contributed by atoms with Gasteiger partial charge in [0.2, 0.25) is 11.8 Å². The van der Waals surface area contributed by atoms with Gasteiger partial charge in [-0.1, -0.05) is 6.42 Å². The van der Waals surface area contributed by atoms with E-state index in [1.165, 1.54) is 19.3 Å². The van der Waals surface area contributed by atoms with Crippen molar-refractivity contribution in [1.82, 2.24) is 15.5 Å². The molecule has 2 bridgehead atoms. The molecule has 1 saturated heterocycles. The van der Waals surface area contributed by atoms with Gasteiger partial charge in [0, 0.05) is 32.1 Å². The van der Waals surface area contributed by atoms with E-state index in [0.717, 1.165) is 38.5 Å². The molecule has 0 aromatic carbocycles. The number of carbonyl (C=O) groups excluding carboxylic acids is 2. The van der Waals surface area contributed by atoms with Crippen molar-refractivity contribution in [1.29, 1.82) is 0 Å². The van der Waals surface area contributed by atoms with E-state index in [-0.39, 0.29) is 24.3 Å². The topological polar surface area (TPSA) is 61.4 Å². The average Bonchev–Trinajstić information content (AvgIpc) is 3.08. The summed E-state index contributed by atoms with van der Waals surface area (Å²) in [7, 11) is 0. The average molecular weight is 265 g/mol. The van der Waals surface area contributed by atoms with Crippen molar-refractivity contribution in [3.8, 4) is 0 Å². The summed E-state index contributed by atoms with van der Waals surface area (Å²) in [6.45, 7) is 3.39. The fourth-order valence-corrected chi connectivity index (χ4v) is 3.89. The maximum Gasteiger partial charge on any atom is 0.242 e. The minimum atomic E-state index is 0.0537. The molecule has 0 aromatic rings. The molecule has 19 heavy (non-hydrogen) atoms. The zero-order valence-electron chi connectivity index (χ0n) is 11.4. The highest BCUT2D eigenvalue weighted by molar-refractivity contribution is 5.86. The summed E-state index contributed by atoms with van der Waals surface area (Å²) < 4.78 is 0. The first-order valence-electron chi connectivity index (χ1n) is 7.50. The van der Waals surface area contributed by atoms with E-state index in [1.807, 2.05) is 4.90 Å². The van der Waals surface area contributed by atoms with E-state index in [4.69, 9.17) is 0 Å². The fourth-order valence-electron chi connectivity index (χ4n) is 3.89. The van der Waals surface area contributed by atoms with Gasteiger partial charge >= 0.3 is 0 Å². The summed E-state index contributed by atoms with van der Waals surface area (Å²) in [4.78, 5) is 25.9. The lowest BCUT2D eigenvalue weighted by Crippen LogP contribution is -2.50. The highest BCUT2D eigenvalue weighted by Gasteiger charge is 2.43. The fraction of sp³-hybridized carbons (Fsp3) is 0.857. The predicted octanol–water partition coefficient (Wildman–Crippen LogP) is -0.0294. The first kappa shape index (κ1) is 12.9. The molecule has 3 atom stereocenters. The van der Waals surface area contributed by atoms with Crippen LogP contribution >= 0.6 is 0 Å². The van der Waals surface area contributed by atoms with Crippen LogP contribution in [0.2, 0.25) is 0 Å². The molecule has 2 N–H and O–H groups in total. The van der Waals surface area contributed by atoms with E-state index in [9.17, 15) is 9.59 Å². The lowest BCUT2D eigenvalue weighted by atomic mass is 9.88. The maximum absolute atomic E-state index is 12.1. The number of nitrogens with zero attached hydrogens (tertiary/aromatic N) is 1. The normalized spacial score (nSPS) is 33.5. The Balaban J connectivity index is 1.44. The van der Waals surface area contributed by atoms with Crippen molar-refractivity contribution in [2.24, 2.45) is 17.8 Å². The molecular weight excluding hydrogens is 242 g/mol. The molecule has 2 amide bonds. The van der Waals surface area contributed by atoms with Crippen LogP contribution in [0.1, 0.15) is 25.7 Å². The van der Waals surface area contributed by atoms with Gasteiger partial charge in [-0.2, -0.15) is 0 Å². The van der Waals surface area contributed by atoms with E-state index >= 15 is 0 Å². The van der Waals surface area contributed by atoms with Gasteiger partial charge in [0.1, 0.15) is 0 Å². The molecule has 5 nitrogen and oxygen atoms in total. The second-order valence-electron chi connectivity index (χ2n) is 6.13. The molecule has 3 unspecified atom stereocenters. The largest absolute Gasteiger partial charge is 0.347 e. The molecule has 5 heteroatoms. The van der Waals surface area contributed by atoms with Crippen LogP contribution in [0.4, 0.5) is 0 Å². The van der Waals surface area contributed by atoms with Crippen LogP contribution in [0.15, 0.2) is 0 Å². The van der Waals surface area contributed by atoms with E-state index in [2.05, 4.69) is 10.6 Å². The third-order valence-electron chi connectivity index (χ3n) is 4.96. The maximum atomic E-state index is 12.1. The van der Waals surface area contributed by atoms with Gasteiger partial charge < -0.3 is 15.5 Å². The zero-order chi connectivity index (χ0) is 13.2. The minimum Gasteiger partial charge on any atom is -0.347 e. The molecule has 0 aromatic heterocycles. The zero-order valence-corrected chi connectivity index (χ0v) is 11.4. The highest BCUT2D eigenvalue weighted by atomic mass is 16.2. The van der Waals surface area contributed by atoms with Gasteiger partial charge in [0.05, 0.1) is 6.54 Å². The molecule has 3 rings (SSSR count). The number of hydrogen-bond donors (Lipinski definition) is 2. The number of rotatable bonds is 3. The molecule has 2 aliphatic carbocycles. The number of carbonyl (C=O) groups is 2. The van der Waals surface area contributed by atoms with E-state index in [0.29, 0.717) is 5.92 Å². The quantitative estimate of drug-likeness (QED) is 0.753. The SMILES string of the molecule is O=C(NCC(=O)N1CCNCC1)C1CC2CCC1C2. The van der Waals surface area contributed by atoms with Gasteiger partial charge in [-0.25, -0.2) is 0 Å². The van der Waals surface area contributed by atoms with Crippen molar-refractivity contribution in [2.75, 3.05) is 32.7 Å². The third-order valence-corrected chi connectivity index (χ3v) is 4.96. The number of fused-ring (bicyclic) bond motifs is 2. The Bertz CT molecular complexity index is 366. The molecule has 0 radical (unpaired) electrons. The molecule has 106 valence electrons. The molecule has 0 spiro atoms. The Morgan fingerprint density at radius 1 is 1.16 bits per heavy atom. The Kier molecular flexibility index (Phi) is 3.73. The van der Waals surface area contributed by atoms with Crippen molar-refractivity contribution in [2.45, 2.75) is 25.7 Å². The van der Waals surface area contributed by atoms with Crippen LogP contribution < -0.4 is 10.6 Å². The van der Waals surface area contributed by atoms with Crippen molar-refractivity contribution in [3.05, 3.63) is 0 Å². The number of amides is 2. The minimum absolute atomic E-state index is 0.0537. The molecule has 1 heterocycles. The molecule has 3 fully saturated rings. The number of hydrogen-bond acceptors (Lipinski definition) is 3. The van der Waals surface area contributed by atoms with Crippen LogP contribution in [0.25, 0.3) is 0 Å². The lowest BCUT2D eigenvalue weighted by molar-refractivity contribution is -0.134. The lowest BCUT2D eigenvalue weighted by Gasteiger charge is -2.28. The second kappa shape index (κ2) is 5.49.